The van der Waals surface area contributed by atoms with Gasteiger partial charge in [0, 0.05) is 19.6 Å². The Balaban J connectivity index is 1.73. The van der Waals surface area contributed by atoms with E-state index in [9.17, 15) is 13.2 Å². The monoisotopic (exact) mass is 322 g/mol. The lowest BCUT2D eigenvalue weighted by Crippen LogP contribution is -2.38. The Bertz CT molecular complexity index is 685. The fourth-order valence-electron chi connectivity index (χ4n) is 3.61. The van der Waals surface area contributed by atoms with Gasteiger partial charge in [-0.05, 0) is 36.0 Å². The van der Waals surface area contributed by atoms with Crippen LogP contribution >= 0.6 is 0 Å². The summed E-state index contributed by atoms with van der Waals surface area (Å²) in [7, 11) is -2.89. The van der Waals surface area contributed by atoms with Crippen LogP contribution in [0.4, 0.5) is 0 Å². The van der Waals surface area contributed by atoms with Crippen LogP contribution in [0.15, 0.2) is 18.2 Å². The highest BCUT2D eigenvalue weighted by Crippen LogP contribution is 2.26. The molecule has 1 atom stereocenters. The van der Waals surface area contributed by atoms with Crippen molar-refractivity contribution in [3.63, 3.8) is 0 Å². The summed E-state index contributed by atoms with van der Waals surface area (Å²) in [6, 6.07) is 5.97. The van der Waals surface area contributed by atoms with Crippen molar-refractivity contribution in [1.29, 1.82) is 0 Å². The normalized spacial score (nSPS) is 24.1. The van der Waals surface area contributed by atoms with E-state index in [0.717, 1.165) is 37.9 Å². The highest BCUT2D eigenvalue weighted by molar-refractivity contribution is 7.92. The van der Waals surface area contributed by atoms with Crippen molar-refractivity contribution in [3.8, 4) is 0 Å². The van der Waals surface area contributed by atoms with Crippen molar-refractivity contribution in [2.45, 2.75) is 37.5 Å². The molecule has 1 unspecified atom stereocenters. The lowest BCUT2D eigenvalue weighted by Gasteiger charge is -2.31. The third-order valence-corrected chi connectivity index (χ3v) is 6.99. The summed E-state index contributed by atoms with van der Waals surface area (Å²) < 4.78 is 24.0. The zero-order chi connectivity index (χ0) is 15.7. The van der Waals surface area contributed by atoms with Crippen LogP contribution in [0.1, 0.15) is 29.5 Å². The number of amides is 1. The van der Waals surface area contributed by atoms with Gasteiger partial charge in [-0.15, -0.1) is 0 Å². The van der Waals surface area contributed by atoms with Crippen LogP contribution in [-0.4, -0.2) is 43.3 Å². The number of carbonyl (C=O) groups is 1. The highest BCUT2D eigenvalue weighted by atomic mass is 32.2. The van der Waals surface area contributed by atoms with Crippen LogP contribution in [0, 0.1) is 0 Å². The second kappa shape index (κ2) is 6.01. The van der Waals surface area contributed by atoms with E-state index in [1.165, 1.54) is 11.1 Å². The first-order chi connectivity index (χ1) is 10.5. The minimum absolute atomic E-state index is 0.206. The Kier molecular flexibility index (Phi) is 4.23. The Labute approximate surface area is 131 Å². The number of benzene rings is 1. The third-order valence-electron chi connectivity index (χ3n) is 4.73. The second-order valence-corrected chi connectivity index (χ2v) is 8.71. The van der Waals surface area contributed by atoms with Gasteiger partial charge in [0.15, 0.2) is 9.84 Å². The van der Waals surface area contributed by atoms with E-state index in [4.69, 9.17) is 5.73 Å². The summed E-state index contributed by atoms with van der Waals surface area (Å²) in [6.45, 7) is 2.23. The van der Waals surface area contributed by atoms with Gasteiger partial charge in [0.25, 0.3) is 0 Å². The number of nitrogens with zero attached hydrogens (tertiary/aromatic N) is 1. The zero-order valence-corrected chi connectivity index (χ0v) is 13.4. The van der Waals surface area contributed by atoms with Crippen molar-refractivity contribution < 1.29 is 13.2 Å². The highest BCUT2D eigenvalue weighted by Gasteiger charge is 2.33. The van der Waals surface area contributed by atoms with Crippen LogP contribution in [0.3, 0.4) is 0 Å². The molecule has 5 nitrogen and oxygen atoms in total. The van der Waals surface area contributed by atoms with Crippen LogP contribution in [0.5, 0.6) is 0 Å². The number of hydrogen-bond donors (Lipinski definition) is 1. The zero-order valence-electron chi connectivity index (χ0n) is 12.6. The molecule has 0 saturated carbocycles. The largest absolute Gasteiger partial charge is 0.369 e. The Morgan fingerprint density at radius 3 is 2.86 bits per heavy atom. The SMILES string of the molecule is NC(=O)Cc1cccc2c1CCN(CC1CCCS1(=O)=O)C2. The first-order valence-electron chi connectivity index (χ1n) is 7.77. The van der Waals surface area contributed by atoms with Crippen LogP contribution in [0.2, 0.25) is 0 Å². The maximum atomic E-state index is 12.0. The first-order valence-corrected chi connectivity index (χ1v) is 9.49. The Morgan fingerprint density at radius 2 is 2.18 bits per heavy atom. The molecular formula is C16H22N2O3S. The van der Waals surface area contributed by atoms with Gasteiger partial charge >= 0.3 is 0 Å². The standard InChI is InChI=1S/C16H22N2O3S/c17-16(19)9-12-3-1-4-13-10-18(7-6-15(12)13)11-14-5-2-8-22(14,20)21/h1,3-4,14H,2,5-11H2,(H2,17,19). The number of hydrogen-bond acceptors (Lipinski definition) is 4. The van der Waals surface area contributed by atoms with Crippen LogP contribution in [0.25, 0.3) is 0 Å². The molecule has 2 aliphatic rings. The van der Waals surface area contributed by atoms with Gasteiger partial charge in [-0.1, -0.05) is 18.2 Å². The number of nitrogens with two attached hydrogens (primary N) is 1. The lowest BCUT2D eigenvalue weighted by atomic mass is 9.92. The molecule has 1 saturated heterocycles. The molecule has 0 bridgehead atoms. The Hall–Kier alpha value is -1.40. The molecule has 0 spiro atoms. The summed E-state index contributed by atoms with van der Waals surface area (Å²) in [5, 5.41) is -0.206. The van der Waals surface area contributed by atoms with E-state index in [-0.39, 0.29) is 17.6 Å². The summed E-state index contributed by atoms with van der Waals surface area (Å²) in [5.74, 6) is 0.0260. The van der Waals surface area contributed by atoms with Gasteiger partial charge in [-0.3, -0.25) is 9.69 Å². The number of primary amides is 1. The minimum atomic E-state index is -2.89. The molecule has 0 radical (unpaired) electrons. The van der Waals surface area contributed by atoms with Gasteiger partial charge < -0.3 is 5.73 Å². The molecule has 2 aliphatic heterocycles. The van der Waals surface area contributed by atoms with E-state index in [2.05, 4.69) is 11.0 Å². The maximum absolute atomic E-state index is 12.0. The first kappa shape index (κ1) is 15.5. The Morgan fingerprint density at radius 1 is 1.36 bits per heavy atom. The molecule has 0 aliphatic carbocycles. The van der Waals surface area contributed by atoms with Gasteiger partial charge in [-0.25, -0.2) is 8.42 Å². The maximum Gasteiger partial charge on any atom is 0.221 e. The summed E-state index contributed by atoms with van der Waals surface area (Å²) in [5.41, 5.74) is 8.73. The van der Waals surface area contributed by atoms with Crippen molar-refractivity contribution >= 4 is 15.7 Å². The molecule has 2 heterocycles. The fraction of sp³-hybridized carbons (Fsp3) is 0.562. The average molecular weight is 322 g/mol. The lowest BCUT2D eigenvalue weighted by molar-refractivity contribution is -0.117. The van der Waals surface area contributed by atoms with Gasteiger partial charge in [0.1, 0.15) is 0 Å². The average Bonchev–Trinajstić information content (AvgIpc) is 2.77. The number of carbonyl (C=O) groups excluding carboxylic acids is 1. The molecule has 3 rings (SSSR count). The van der Waals surface area contributed by atoms with Crippen molar-refractivity contribution in [3.05, 3.63) is 34.9 Å². The van der Waals surface area contributed by atoms with E-state index >= 15 is 0 Å². The van der Waals surface area contributed by atoms with Crippen molar-refractivity contribution in [1.82, 2.24) is 4.90 Å². The van der Waals surface area contributed by atoms with E-state index in [1.807, 2.05) is 12.1 Å². The number of fused-ring (bicyclic) bond motifs is 1. The number of rotatable bonds is 4. The second-order valence-electron chi connectivity index (χ2n) is 6.31. The minimum Gasteiger partial charge on any atom is -0.369 e. The van der Waals surface area contributed by atoms with Crippen LogP contribution < -0.4 is 5.73 Å². The smallest absolute Gasteiger partial charge is 0.221 e. The summed E-state index contributed by atoms with van der Waals surface area (Å²) in [6.07, 6.45) is 2.71. The molecular weight excluding hydrogens is 300 g/mol. The summed E-state index contributed by atoms with van der Waals surface area (Å²) >= 11 is 0. The molecule has 22 heavy (non-hydrogen) atoms. The van der Waals surface area contributed by atoms with E-state index in [0.29, 0.717) is 12.3 Å². The van der Waals surface area contributed by atoms with Crippen molar-refractivity contribution in [2.24, 2.45) is 5.73 Å². The molecule has 120 valence electrons. The molecule has 0 aromatic heterocycles. The van der Waals surface area contributed by atoms with E-state index < -0.39 is 9.84 Å². The predicted molar refractivity (Wildman–Crippen MR) is 85.1 cm³/mol. The molecule has 1 fully saturated rings. The molecule has 1 aromatic rings. The molecule has 1 aromatic carbocycles. The topological polar surface area (TPSA) is 80.5 Å². The van der Waals surface area contributed by atoms with E-state index in [1.54, 1.807) is 0 Å². The van der Waals surface area contributed by atoms with Crippen molar-refractivity contribution in [2.75, 3.05) is 18.8 Å². The molecule has 6 heteroatoms. The van der Waals surface area contributed by atoms with Gasteiger partial charge in [0.2, 0.25) is 5.91 Å². The van der Waals surface area contributed by atoms with Crippen LogP contribution in [-0.2, 0) is 34.0 Å². The van der Waals surface area contributed by atoms with Gasteiger partial charge in [0.05, 0.1) is 17.4 Å². The third kappa shape index (κ3) is 3.17. The molecule has 2 N–H and O–H groups in total. The molecule has 1 amide bonds. The summed E-state index contributed by atoms with van der Waals surface area (Å²) in [4.78, 5) is 13.4. The number of sulfone groups is 1. The fourth-order valence-corrected chi connectivity index (χ4v) is 5.47. The van der Waals surface area contributed by atoms with Gasteiger partial charge in [-0.2, -0.15) is 0 Å². The quantitative estimate of drug-likeness (QED) is 0.882. The predicted octanol–water partition coefficient (Wildman–Crippen LogP) is 0.650.